The molecule has 90 valence electrons. The fourth-order valence-electron chi connectivity index (χ4n) is 1.58. The quantitative estimate of drug-likeness (QED) is 0.853. The number of nitrogens with zero attached hydrogens (tertiary/aromatic N) is 1. The second-order valence-electron chi connectivity index (χ2n) is 4.45. The number of nitrogens with two attached hydrogens (primary N) is 1. The van der Waals surface area contributed by atoms with Crippen molar-refractivity contribution in [1.82, 2.24) is 4.98 Å². The molecule has 0 saturated carbocycles. The SMILES string of the molecule is CC(C)CCCC(N)c1ncc(Br)cc1Br. The van der Waals surface area contributed by atoms with Gasteiger partial charge in [0.2, 0.25) is 0 Å². The summed E-state index contributed by atoms with van der Waals surface area (Å²) >= 11 is 6.88. The molecule has 1 unspecified atom stereocenters. The smallest absolute Gasteiger partial charge is 0.0713 e. The minimum Gasteiger partial charge on any atom is -0.323 e. The van der Waals surface area contributed by atoms with Crippen molar-refractivity contribution < 1.29 is 0 Å². The number of hydrogen-bond acceptors (Lipinski definition) is 2. The van der Waals surface area contributed by atoms with Crippen molar-refractivity contribution in [3.8, 4) is 0 Å². The van der Waals surface area contributed by atoms with Crippen LogP contribution in [0.25, 0.3) is 0 Å². The van der Waals surface area contributed by atoms with Crippen molar-refractivity contribution in [2.45, 2.75) is 39.2 Å². The fraction of sp³-hybridized carbons (Fsp3) is 0.583. The van der Waals surface area contributed by atoms with Crippen LogP contribution in [0.5, 0.6) is 0 Å². The highest BCUT2D eigenvalue weighted by atomic mass is 79.9. The first-order valence-corrected chi connectivity index (χ1v) is 7.15. The predicted octanol–water partition coefficient (Wildman–Crippen LogP) is 4.43. The topological polar surface area (TPSA) is 38.9 Å². The zero-order valence-corrected chi connectivity index (χ0v) is 12.9. The van der Waals surface area contributed by atoms with Gasteiger partial charge in [-0.25, -0.2) is 0 Å². The summed E-state index contributed by atoms with van der Waals surface area (Å²) in [4.78, 5) is 4.36. The van der Waals surface area contributed by atoms with Gasteiger partial charge >= 0.3 is 0 Å². The Balaban J connectivity index is 2.55. The van der Waals surface area contributed by atoms with E-state index < -0.39 is 0 Å². The van der Waals surface area contributed by atoms with Crippen molar-refractivity contribution in [1.29, 1.82) is 0 Å². The van der Waals surface area contributed by atoms with E-state index in [0.29, 0.717) is 0 Å². The van der Waals surface area contributed by atoms with E-state index >= 15 is 0 Å². The maximum absolute atomic E-state index is 6.12. The molecular formula is C12H18Br2N2. The lowest BCUT2D eigenvalue weighted by atomic mass is 10.0. The second-order valence-corrected chi connectivity index (χ2v) is 6.22. The van der Waals surface area contributed by atoms with Crippen molar-refractivity contribution >= 4 is 31.9 Å². The van der Waals surface area contributed by atoms with Crippen molar-refractivity contribution in [2.24, 2.45) is 11.7 Å². The van der Waals surface area contributed by atoms with Crippen LogP contribution in [-0.2, 0) is 0 Å². The van der Waals surface area contributed by atoms with E-state index in [1.54, 1.807) is 6.20 Å². The maximum atomic E-state index is 6.12. The van der Waals surface area contributed by atoms with Crippen molar-refractivity contribution in [2.75, 3.05) is 0 Å². The fourth-order valence-corrected chi connectivity index (χ4v) is 2.86. The van der Waals surface area contributed by atoms with E-state index in [4.69, 9.17) is 5.73 Å². The highest BCUT2D eigenvalue weighted by Crippen LogP contribution is 2.26. The Morgan fingerprint density at radius 1 is 1.31 bits per heavy atom. The van der Waals surface area contributed by atoms with Crippen molar-refractivity contribution in [3.63, 3.8) is 0 Å². The molecule has 2 nitrogen and oxygen atoms in total. The molecule has 0 bridgehead atoms. The summed E-state index contributed by atoms with van der Waals surface area (Å²) in [6.07, 6.45) is 5.17. The van der Waals surface area contributed by atoms with Crippen LogP contribution in [0.15, 0.2) is 21.2 Å². The van der Waals surface area contributed by atoms with Gasteiger partial charge in [-0.05, 0) is 50.3 Å². The molecule has 1 aromatic rings. The summed E-state index contributed by atoms with van der Waals surface area (Å²) in [5.41, 5.74) is 7.08. The van der Waals surface area contributed by atoms with Gasteiger partial charge in [0.05, 0.1) is 5.69 Å². The first-order chi connectivity index (χ1) is 7.50. The van der Waals surface area contributed by atoms with Gasteiger partial charge in [0, 0.05) is 21.2 Å². The number of hydrogen-bond donors (Lipinski definition) is 1. The number of rotatable bonds is 5. The Hall–Kier alpha value is 0.0700. The van der Waals surface area contributed by atoms with Gasteiger partial charge in [-0.3, -0.25) is 4.98 Å². The molecule has 0 aromatic carbocycles. The Kier molecular flexibility index (Phi) is 5.94. The number of halogens is 2. The average Bonchev–Trinajstić information content (AvgIpc) is 2.16. The van der Waals surface area contributed by atoms with Gasteiger partial charge in [0.25, 0.3) is 0 Å². The molecule has 0 radical (unpaired) electrons. The molecule has 1 rings (SSSR count). The van der Waals surface area contributed by atoms with Crippen LogP contribution in [-0.4, -0.2) is 4.98 Å². The molecule has 4 heteroatoms. The lowest BCUT2D eigenvalue weighted by molar-refractivity contribution is 0.500. The van der Waals surface area contributed by atoms with Crippen LogP contribution in [0, 0.1) is 5.92 Å². The van der Waals surface area contributed by atoms with E-state index in [1.165, 1.54) is 6.42 Å². The molecule has 1 atom stereocenters. The van der Waals surface area contributed by atoms with Crippen LogP contribution in [0.3, 0.4) is 0 Å². The molecular weight excluding hydrogens is 332 g/mol. The zero-order valence-electron chi connectivity index (χ0n) is 9.71. The van der Waals surface area contributed by atoms with Gasteiger partial charge < -0.3 is 5.73 Å². The third-order valence-electron chi connectivity index (χ3n) is 2.48. The van der Waals surface area contributed by atoms with Gasteiger partial charge in [0.1, 0.15) is 0 Å². The predicted molar refractivity (Wildman–Crippen MR) is 75.3 cm³/mol. The Morgan fingerprint density at radius 3 is 2.56 bits per heavy atom. The monoisotopic (exact) mass is 348 g/mol. The highest BCUT2D eigenvalue weighted by Gasteiger charge is 2.11. The van der Waals surface area contributed by atoms with E-state index in [2.05, 4.69) is 50.7 Å². The van der Waals surface area contributed by atoms with E-state index in [9.17, 15) is 0 Å². The summed E-state index contributed by atoms with van der Waals surface area (Å²) in [7, 11) is 0. The second kappa shape index (κ2) is 6.72. The summed E-state index contributed by atoms with van der Waals surface area (Å²) in [6, 6.07) is 2.02. The van der Waals surface area contributed by atoms with Gasteiger partial charge in [-0.1, -0.05) is 26.7 Å². The molecule has 2 N–H and O–H groups in total. The molecule has 0 spiro atoms. The van der Waals surface area contributed by atoms with E-state index in [-0.39, 0.29) is 6.04 Å². The molecule has 0 saturated heterocycles. The summed E-state index contributed by atoms with van der Waals surface area (Å²) < 4.78 is 1.96. The molecule has 0 aliphatic heterocycles. The summed E-state index contributed by atoms with van der Waals surface area (Å²) in [5.74, 6) is 0.744. The number of aromatic nitrogens is 1. The van der Waals surface area contributed by atoms with Crippen LogP contribution in [0.2, 0.25) is 0 Å². The molecule has 16 heavy (non-hydrogen) atoms. The summed E-state index contributed by atoms with van der Waals surface area (Å²) in [5, 5.41) is 0. The average molecular weight is 350 g/mol. The van der Waals surface area contributed by atoms with Crippen LogP contribution >= 0.6 is 31.9 Å². The Labute approximate surface area is 114 Å². The highest BCUT2D eigenvalue weighted by molar-refractivity contribution is 9.11. The van der Waals surface area contributed by atoms with Gasteiger partial charge in [0.15, 0.2) is 0 Å². The first-order valence-electron chi connectivity index (χ1n) is 5.57. The molecule has 1 heterocycles. The standard InChI is InChI=1S/C12H18Br2N2/c1-8(2)4-3-5-11(15)12-10(14)6-9(13)7-16-12/h6-8,11H,3-5,15H2,1-2H3. The molecule has 0 amide bonds. The third-order valence-corrected chi connectivity index (χ3v) is 3.55. The van der Waals surface area contributed by atoms with Crippen LogP contribution < -0.4 is 5.73 Å². The lowest BCUT2D eigenvalue weighted by Crippen LogP contribution is -2.13. The molecule has 1 aromatic heterocycles. The van der Waals surface area contributed by atoms with Gasteiger partial charge in [-0.2, -0.15) is 0 Å². The minimum atomic E-state index is 0.0289. The van der Waals surface area contributed by atoms with Crippen LogP contribution in [0.4, 0.5) is 0 Å². The van der Waals surface area contributed by atoms with E-state index in [0.717, 1.165) is 33.4 Å². The number of pyridine rings is 1. The maximum Gasteiger partial charge on any atom is 0.0713 e. The Morgan fingerprint density at radius 2 is 2.00 bits per heavy atom. The lowest BCUT2D eigenvalue weighted by Gasteiger charge is -2.13. The molecule has 0 fully saturated rings. The first kappa shape index (κ1) is 14.1. The molecule has 0 aliphatic rings. The van der Waals surface area contributed by atoms with Crippen molar-refractivity contribution in [3.05, 3.63) is 26.9 Å². The largest absolute Gasteiger partial charge is 0.323 e. The Bertz CT molecular complexity index is 340. The molecule has 0 aliphatic carbocycles. The van der Waals surface area contributed by atoms with Crippen LogP contribution in [0.1, 0.15) is 44.8 Å². The normalized spacial score (nSPS) is 13.1. The summed E-state index contributed by atoms with van der Waals surface area (Å²) in [6.45, 7) is 4.47. The third kappa shape index (κ3) is 4.52. The minimum absolute atomic E-state index is 0.0289. The zero-order chi connectivity index (χ0) is 12.1. The van der Waals surface area contributed by atoms with Gasteiger partial charge in [-0.15, -0.1) is 0 Å². The van der Waals surface area contributed by atoms with E-state index in [1.807, 2.05) is 6.07 Å².